The Morgan fingerprint density at radius 3 is 2.62 bits per heavy atom. The molecule has 1 N–H and O–H groups in total. The van der Waals surface area contributed by atoms with Gasteiger partial charge < -0.3 is 5.32 Å². The van der Waals surface area contributed by atoms with Crippen molar-refractivity contribution < 1.29 is 0 Å². The number of hydrogen-bond donors (Lipinski definition) is 1. The number of aryl methyl sites for hydroxylation is 1. The van der Waals surface area contributed by atoms with E-state index in [1.165, 1.54) is 0 Å². The molecule has 0 atom stereocenters. The fourth-order valence-corrected chi connectivity index (χ4v) is 2.16. The van der Waals surface area contributed by atoms with Crippen molar-refractivity contribution in [3.05, 3.63) is 39.9 Å². The summed E-state index contributed by atoms with van der Waals surface area (Å²) in [5.74, 6) is 0.828. The minimum Gasteiger partial charge on any atom is -0.316 e. The highest BCUT2D eigenvalue weighted by Gasteiger charge is 2.03. The number of thiazole rings is 1. The van der Waals surface area contributed by atoms with Crippen molar-refractivity contribution in [2.75, 3.05) is 7.05 Å². The fourth-order valence-electron chi connectivity index (χ4n) is 1.39. The quantitative estimate of drug-likeness (QED) is 0.872. The Labute approximate surface area is 98.8 Å². The standard InChI is InChI=1S/C11H14N4S/c1-8-7-16-11(15-8)3-10-13-5-9(4-12-2)6-14-10/h5-7,12H,3-4H2,1-2H3. The van der Waals surface area contributed by atoms with Gasteiger partial charge in [0.2, 0.25) is 0 Å². The van der Waals surface area contributed by atoms with E-state index in [-0.39, 0.29) is 0 Å². The maximum absolute atomic E-state index is 4.39. The Bertz CT molecular complexity index is 449. The van der Waals surface area contributed by atoms with E-state index in [1.54, 1.807) is 11.3 Å². The predicted molar refractivity (Wildman–Crippen MR) is 64.5 cm³/mol. The van der Waals surface area contributed by atoms with Crippen LogP contribution in [-0.4, -0.2) is 22.0 Å². The number of hydrogen-bond acceptors (Lipinski definition) is 5. The van der Waals surface area contributed by atoms with Gasteiger partial charge in [0, 0.05) is 35.6 Å². The highest BCUT2D eigenvalue weighted by Crippen LogP contribution is 2.11. The Kier molecular flexibility index (Phi) is 3.58. The van der Waals surface area contributed by atoms with Gasteiger partial charge in [-0.15, -0.1) is 11.3 Å². The second-order valence-corrected chi connectivity index (χ2v) is 4.54. The summed E-state index contributed by atoms with van der Waals surface area (Å²) in [6, 6.07) is 0. The molecule has 2 aromatic heterocycles. The first-order valence-corrected chi connectivity index (χ1v) is 6.01. The van der Waals surface area contributed by atoms with Crippen LogP contribution in [0.4, 0.5) is 0 Å². The lowest BCUT2D eigenvalue weighted by Crippen LogP contribution is -2.07. The highest BCUT2D eigenvalue weighted by atomic mass is 32.1. The third-order valence-electron chi connectivity index (χ3n) is 2.12. The zero-order valence-electron chi connectivity index (χ0n) is 9.40. The first kappa shape index (κ1) is 11.2. The van der Waals surface area contributed by atoms with Crippen LogP contribution in [0, 0.1) is 6.92 Å². The van der Waals surface area contributed by atoms with Gasteiger partial charge in [-0.2, -0.15) is 0 Å². The summed E-state index contributed by atoms with van der Waals surface area (Å²) in [5, 5.41) is 6.18. The zero-order chi connectivity index (χ0) is 11.4. The van der Waals surface area contributed by atoms with Gasteiger partial charge in [0.15, 0.2) is 0 Å². The van der Waals surface area contributed by atoms with Crippen molar-refractivity contribution in [2.24, 2.45) is 0 Å². The lowest BCUT2D eigenvalue weighted by molar-refractivity contribution is 0.798. The molecule has 16 heavy (non-hydrogen) atoms. The second-order valence-electron chi connectivity index (χ2n) is 3.60. The molecule has 2 aromatic rings. The van der Waals surface area contributed by atoms with Crippen molar-refractivity contribution >= 4 is 11.3 Å². The molecule has 0 aliphatic carbocycles. The molecule has 0 radical (unpaired) electrons. The van der Waals surface area contributed by atoms with E-state index < -0.39 is 0 Å². The first-order chi connectivity index (χ1) is 7.78. The van der Waals surface area contributed by atoms with E-state index in [1.807, 2.05) is 31.7 Å². The summed E-state index contributed by atoms with van der Waals surface area (Å²) in [6.07, 6.45) is 4.44. The van der Waals surface area contributed by atoms with Crippen molar-refractivity contribution in [2.45, 2.75) is 19.9 Å². The Hall–Kier alpha value is -1.33. The minimum atomic E-state index is 0.721. The number of aromatic nitrogens is 3. The SMILES string of the molecule is CNCc1cnc(Cc2nc(C)cs2)nc1. The highest BCUT2D eigenvalue weighted by molar-refractivity contribution is 7.09. The summed E-state index contributed by atoms with van der Waals surface area (Å²) < 4.78 is 0. The lowest BCUT2D eigenvalue weighted by atomic mass is 10.3. The fraction of sp³-hybridized carbons (Fsp3) is 0.364. The van der Waals surface area contributed by atoms with E-state index in [4.69, 9.17) is 0 Å². The van der Waals surface area contributed by atoms with Crippen LogP contribution < -0.4 is 5.32 Å². The lowest BCUT2D eigenvalue weighted by Gasteiger charge is -2.00. The van der Waals surface area contributed by atoms with Gasteiger partial charge >= 0.3 is 0 Å². The van der Waals surface area contributed by atoms with E-state index in [0.717, 1.165) is 35.1 Å². The van der Waals surface area contributed by atoms with Crippen LogP contribution in [0.25, 0.3) is 0 Å². The van der Waals surface area contributed by atoms with E-state index in [9.17, 15) is 0 Å². The molecule has 0 aliphatic heterocycles. The van der Waals surface area contributed by atoms with Gasteiger partial charge in [0.05, 0.1) is 6.42 Å². The van der Waals surface area contributed by atoms with Crippen molar-refractivity contribution in [1.82, 2.24) is 20.3 Å². The van der Waals surface area contributed by atoms with Gasteiger partial charge in [0.1, 0.15) is 10.8 Å². The molecule has 0 saturated carbocycles. The minimum absolute atomic E-state index is 0.721. The molecule has 0 bridgehead atoms. The normalized spacial score (nSPS) is 10.6. The molecule has 84 valence electrons. The molecule has 5 heteroatoms. The maximum Gasteiger partial charge on any atom is 0.135 e. The van der Waals surface area contributed by atoms with Crippen LogP contribution in [0.3, 0.4) is 0 Å². The number of nitrogens with zero attached hydrogens (tertiary/aromatic N) is 3. The smallest absolute Gasteiger partial charge is 0.135 e. The average Bonchev–Trinajstić information content (AvgIpc) is 2.67. The molecular weight excluding hydrogens is 220 g/mol. The number of nitrogens with one attached hydrogen (secondary N) is 1. The van der Waals surface area contributed by atoms with Gasteiger partial charge in [0.25, 0.3) is 0 Å². The molecule has 0 aliphatic rings. The largest absolute Gasteiger partial charge is 0.316 e. The van der Waals surface area contributed by atoms with Crippen LogP contribution in [0.2, 0.25) is 0 Å². The van der Waals surface area contributed by atoms with Crippen LogP contribution in [0.15, 0.2) is 17.8 Å². The van der Waals surface area contributed by atoms with E-state index in [2.05, 4.69) is 20.3 Å². The third kappa shape index (κ3) is 2.84. The molecule has 0 aromatic carbocycles. The molecule has 0 unspecified atom stereocenters. The molecule has 0 fully saturated rings. The van der Waals surface area contributed by atoms with Crippen molar-refractivity contribution in [3.8, 4) is 0 Å². The van der Waals surface area contributed by atoms with E-state index >= 15 is 0 Å². The van der Waals surface area contributed by atoms with Crippen LogP contribution in [-0.2, 0) is 13.0 Å². The summed E-state index contributed by atoms with van der Waals surface area (Å²) >= 11 is 1.66. The van der Waals surface area contributed by atoms with E-state index in [0.29, 0.717) is 0 Å². The molecule has 2 rings (SSSR count). The summed E-state index contributed by atoms with van der Waals surface area (Å²) in [4.78, 5) is 13.0. The Morgan fingerprint density at radius 1 is 1.31 bits per heavy atom. The number of rotatable bonds is 4. The van der Waals surface area contributed by atoms with Gasteiger partial charge in [-0.1, -0.05) is 0 Å². The van der Waals surface area contributed by atoms with Crippen molar-refractivity contribution in [1.29, 1.82) is 0 Å². The molecule has 0 spiro atoms. The third-order valence-corrected chi connectivity index (χ3v) is 3.08. The van der Waals surface area contributed by atoms with Crippen LogP contribution >= 0.6 is 11.3 Å². The molecular formula is C11H14N4S. The van der Waals surface area contributed by atoms with Gasteiger partial charge in [-0.05, 0) is 14.0 Å². The summed E-state index contributed by atoms with van der Waals surface area (Å²) in [7, 11) is 1.91. The monoisotopic (exact) mass is 234 g/mol. The first-order valence-electron chi connectivity index (χ1n) is 5.13. The molecule has 0 saturated heterocycles. The van der Waals surface area contributed by atoms with Crippen LogP contribution in [0.1, 0.15) is 22.1 Å². The second kappa shape index (κ2) is 5.14. The summed E-state index contributed by atoms with van der Waals surface area (Å²) in [6.45, 7) is 2.80. The summed E-state index contributed by atoms with van der Waals surface area (Å²) in [5.41, 5.74) is 2.16. The Balaban J connectivity index is 2.05. The average molecular weight is 234 g/mol. The predicted octanol–water partition coefficient (Wildman–Crippen LogP) is 1.55. The molecule has 0 amide bonds. The zero-order valence-corrected chi connectivity index (χ0v) is 10.2. The molecule has 4 nitrogen and oxygen atoms in total. The van der Waals surface area contributed by atoms with Gasteiger partial charge in [-0.25, -0.2) is 15.0 Å². The topological polar surface area (TPSA) is 50.7 Å². The Morgan fingerprint density at radius 2 is 2.06 bits per heavy atom. The molecule has 2 heterocycles. The van der Waals surface area contributed by atoms with Crippen molar-refractivity contribution in [3.63, 3.8) is 0 Å². The van der Waals surface area contributed by atoms with Crippen LogP contribution in [0.5, 0.6) is 0 Å². The maximum atomic E-state index is 4.39. The van der Waals surface area contributed by atoms with Gasteiger partial charge in [-0.3, -0.25) is 0 Å².